The molecule has 0 aliphatic heterocycles. The summed E-state index contributed by atoms with van der Waals surface area (Å²) in [5, 5.41) is 0. The minimum Gasteiger partial charge on any atom is -0.497 e. The molecular formula is C13H18N2O. The summed E-state index contributed by atoms with van der Waals surface area (Å²) >= 11 is 0. The lowest BCUT2D eigenvalue weighted by atomic mass is 10.3. The van der Waals surface area contributed by atoms with Crippen molar-refractivity contribution in [3.63, 3.8) is 0 Å². The highest BCUT2D eigenvalue weighted by molar-refractivity contribution is 5.53. The van der Waals surface area contributed by atoms with Crippen LogP contribution in [0, 0.1) is 0 Å². The van der Waals surface area contributed by atoms with Crippen molar-refractivity contribution < 1.29 is 4.74 Å². The van der Waals surface area contributed by atoms with Crippen molar-refractivity contribution in [2.24, 2.45) is 0 Å². The molecule has 0 unspecified atom stereocenters. The summed E-state index contributed by atoms with van der Waals surface area (Å²) < 4.78 is 7.42. The zero-order chi connectivity index (χ0) is 11.5. The first kappa shape index (κ1) is 11.0. The van der Waals surface area contributed by atoms with Gasteiger partial charge in [0.05, 0.1) is 7.11 Å². The molecule has 2 heterocycles. The van der Waals surface area contributed by atoms with E-state index in [1.54, 1.807) is 7.11 Å². The standard InChI is InChI=1S/C13H18N2O/c1-14(2)8-6-11-4-5-12-10-13(16-3)7-9-15(11)12/h4-5,7,9-10H,6,8H2,1-3H3. The summed E-state index contributed by atoms with van der Waals surface area (Å²) in [7, 11) is 5.89. The monoisotopic (exact) mass is 218 g/mol. The molecule has 0 spiro atoms. The van der Waals surface area contributed by atoms with Crippen molar-refractivity contribution in [2.45, 2.75) is 6.42 Å². The fourth-order valence-electron chi connectivity index (χ4n) is 1.82. The zero-order valence-corrected chi connectivity index (χ0v) is 10.1. The van der Waals surface area contributed by atoms with Gasteiger partial charge < -0.3 is 14.0 Å². The molecule has 16 heavy (non-hydrogen) atoms. The first-order valence-electron chi connectivity index (χ1n) is 5.49. The number of hydrogen-bond donors (Lipinski definition) is 0. The van der Waals surface area contributed by atoms with Crippen LogP contribution in [0.4, 0.5) is 0 Å². The van der Waals surface area contributed by atoms with E-state index in [4.69, 9.17) is 4.74 Å². The van der Waals surface area contributed by atoms with Gasteiger partial charge in [-0.05, 0) is 32.3 Å². The Kier molecular flexibility index (Phi) is 3.15. The molecule has 2 aromatic heterocycles. The Labute approximate surface area is 96.2 Å². The maximum Gasteiger partial charge on any atom is 0.122 e. The minimum atomic E-state index is 0.907. The summed E-state index contributed by atoms with van der Waals surface area (Å²) in [5.41, 5.74) is 2.53. The Morgan fingerprint density at radius 2 is 2.06 bits per heavy atom. The summed E-state index contributed by atoms with van der Waals surface area (Å²) in [4.78, 5) is 2.20. The van der Waals surface area contributed by atoms with Gasteiger partial charge in [-0.2, -0.15) is 0 Å². The second kappa shape index (κ2) is 4.58. The molecule has 0 atom stereocenters. The number of aromatic nitrogens is 1. The summed E-state index contributed by atoms with van der Waals surface area (Å²) in [6.07, 6.45) is 3.13. The Morgan fingerprint density at radius 3 is 2.75 bits per heavy atom. The maximum atomic E-state index is 5.21. The maximum absolute atomic E-state index is 5.21. The molecule has 86 valence electrons. The fraction of sp³-hybridized carbons (Fsp3) is 0.385. The average molecular weight is 218 g/mol. The van der Waals surface area contributed by atoms with E-state index >= 15 is 0 Å². The number of methoxy groups -OCH3 is 1. The minimum absolute atomic E-state index is 0.907. The van der Waals surface area contributed by atoms with Crippen LogP contribution in [0.1, 0.15) is 5.69 Å². The van der Waals surface area contributed by atoms with Crippen molar-refractivity contribution in [1.82, 2.24) is 9.30 Å². The van der Waals surface area contributed by atoms with Crippen LogP contribution in [0.25, 0.3) is 5.52 Å². The fourth-order valence-corrected chi connectivity index (χ4v) is 1.82. The average Bonchev–Trinajstić information content (AvgIpc) is 2.68. The number of likely N-dealkylation sites (N-methyl/N-ethyl adjacent to an activating group) is 1. The molecule has 0 aromatic carbocycles. The highest BCUT2D eigenvalue weighted by Gasteiger charge is 2.03. The third kappa shape index (κ3) is 2.19. The SMILES string of the molecule is COc1ccn2c(CCN(C)C)ccc2c1. The van der Waals surface area contributed by atoms with Crippen LogP contribution in [0.3, 0.4) is 0 Å². The van der Waals surface area contributed by atoms with Gasteiger partial charge in [0, 0.05) is 36.4 Å². The molecule has 0 bridgehead atoms. The van der Waals surface area contributed by atoms with E-state index in [1.807, 2.05) is 6.07 Å². The van der Waals surface area contributed by atoms with E-state index in [2.05, 4.69) is 47.8 Å². The second-order valence-corrected chi connectivity index (χ2v) is 4.24. The molecule has 0 saturated carbocycles. The van der Waals surface area contributed by atoms with Gasteiger partial charge in [-0.25, -0.2) is 0 Å². The molecule has 0 aliphatic carbocycles. The van der Waals surface area contributed by atoms with Crippen LogP contribution < -0.4 is 4.74 Å². The van der Waals surface area contributed by atoms with E-state index in [-0.39, 0.29) is 0 Å². The largest absolute Gasteiger partial charge is 0.497 e. The Balaban J connectivity index is 2.27. The lowest BCUT2D eigenvalue weighted by molar-refractivity contribution is 0.410. The normalized spacial score (nSPS) is 11.2. The van der Waals surface area contributed by atoms with Gasteiger partial charge in [0.15, 0.2) is 0 Å². The van der Waals surface area contributed by atoms with E-state index in [0.29, 0.717) is 0 Å². The summed E-state index contributed by atoms with van der Waals surface area (Å²) in [6.45, 7) is 1.07. The molecule has 0 fully saturated rings. The Bertz CT molecular complexity index is 474. The third-order valence-electron chi connectivity index (χ3n) is 2.76. The van der Waals surface area contributed by atoms with Crippen molar-refractivity contribution >= 4 is 5.52 Å². The predicted molar refractivity (Wildman–Crippen MR) is 66.2 cm³/mol. The number of hydrogen-bond acceptors (Lipinski definition) is 2. The van der Waals surface area contributed by atoms with Crippen LogP contribution in [-0.4, -0.2) is 37.1 Å². The molecule has 0 radical (unpaired) electrons. The number of rotatable bonds is 4. The van der Waals surface area contributed by atoms with E-state index in [1.165, 1.54) is 11.2 Å². The summed E-state index contributed by atoms with van der Waals surface area (Å²) in [5.74, 6) is 0.907. The lowest BCUT2D eigenvalue weighted by Gasteiger charge is -2.09. The number of pyridine rings is 1. The quantitative estimate of drug-likeness (QED) is 0.781. The van der Waals surface area contributed by atoms with Crippen LogP contribution in [-0.2, 0) is 6.42 Å². The van der Waals surface area contributed by atoms with Crippen molar-refractivity contribution in [1.29, 1.82) is 0 Å². The molecule has 0 aliphatic rings. The van der Waals surface area contributed by atoms with Crippen molar-refractivity contribution in [3.8, 4) is 5.75 Å². The van der Waals surface area contributed by atoms with Gasteiger partial charge in [-0.1, -0.05) is 0 Å². The first-order valence-corrected chi connectivity index (χ1v) is 5.49. The molecule has 0 N–H and O–H groups in total. The number of fused-ring (bicyclic) bond motifs is 1. The molecule has 3 heteroatoms. The van der Waals surface area contributed by atoms with E-state index in [9.17, 15) is 0 Å². The van der Waals surface area contributed by atoms with Crippen LogP contribution >= 0.6 is 0 Å². The molecule has 3 nitrogen and oxygen atoms in total. The zero-order valence-electron chi connectivity index (χ0n) is 10.1. The topological polar surface area (TPSA) is 16.9 Å². The van der Waals surface area contributed by atoms with Gasteiger partial charge in [0.25, 0.3) is 0 Å². The van der Waals surface area contributed by atoms with Gasteiger partial charge in [-0.3, -0.25) is 0 Å². The lowest BCUT2D eigenvalue weighted by Crippen LogP contribution is -2.15. The number of ether oxygens (including phenoxy) is 1. The van der Waals surface area contributed by atoms with Gasteiger partial charge >= 0.3 is 0 Å². The number of nitrogens with zero attached hydrogens (tertiary/aromatic N) is 2. The van der Waals surface area contributed by atoms with Crippen molar-refractivity contribution in [3.05, 3.63) is 36.2 Å². The van der Waals surface area contributed by atoms with E-state index < -0.39 is 0 Å². The Hall–Kier alpha value is -1.48. The predicted octanol–water partition coefficient (Wildman–Crippen LogP) is 2.05. The highest BCUT2D eigenvalue weighted by atomic mass is 16.5. The van der Waals surface area contributed by atoms with Gasteiger partial charge in [-0.15, -0.1) is 0 Å². The van der Waals surface area contributed by atoms with Crippen LogP contribution in [0.2, 0.25) is 0 Å². The third-order valence-corrected chi connectivity index (χ3v) is 2.76. The van der Waals surface area contributed by atoms with Gasteiger partial charge in [0.1, 0.15) is 5.75 Å². The van der Waals surface area contributed by atoms with E-state index in [0.717, 1.165) is 18.7 Å². The molecule has 2 rings (SSSR count). The molecule has 0 saturated heterocycles. The van der Waals surface area contributed by atoms with Crippen LogP contribution in [0.5, 0.6) is 5.75 Å². The molecule has 2 aromatic rings. The smallest absolute Gasteiger partial charge is 0.122 e. The first-order chi connectivity index (χ1) is 7.70. The molecular weight excluding hydrogens is 200 g/mol. The summed E-state index contributed by atoms with van der Waals surface area (Å²) in [6, 6.07) is 8.36. The van der Waals surface area contributed by atoms with Crippen LogP contribution in [0.15, 0.2) is 30.5 Å². The van der Waals surface area contributed by atoms with Gasteiger partial charge in [0.2, 0.25) is 0 Å². The highest BCUT2D eigenvalue weighted by Crippen LogP contribution is 2.17. The van der Waals surface area contributed by atoms with Crippen molar-refractivity contribution in [2.75, 3.05) is 27.7 Å². The Morgan fingerprint density at radius 1 is 1.25 bits per heavy atom. The molecule has 0 amide bonds. The second-order valence-electron chi connectivity index (χ2n) is 4.24.